The first-order valence-electron chi connectivity index (χ1n) is 46.1. The monoisotopic (exact) mass is 2020 g/mol. The van der Waals surface area contributed by atoms with Crippen molar-refractivity contribution in [2.75, 3.05) is 32.7 Å². The van der Waals surface area contributed by atoms with Crippen LogP contribution in [0.4, 0.5) is 41.6 Å². The fourth-order valence-electron chi connectivity index (χ4n) is 15.3. The topological polar surface area (TPSA) is 207 Å². The van der Waals surface area contributed by atoms with Gasteiger partial charge in [-0.15, -0.1) is 0 Å². The molecule has 15 nitrogen and oxygen atoms in total. The van der Waals surface area contributed by atoms with Crippen molar-refractivity contribution in [3.63, 3.8) is 0 Å². The third kappa shape index (κ3) is 24.9. The van der Waals surface area contributed by atoms with Crippen LogP contribution in [0.5, 0.6) is 0 Å². The van der Waals surface area contributed by atoms with Gasteiger partial charge < -0.3 is 26.6 Å². The molecule has 0 saturated heterocycles. The van der Waals surface area contributed by atoms with E-state index in [0.29, 0.717) is 110 Å². The first-order chi connectivity index (χ1) is 68.7. The van der Waals surface area contributed by atoms with Gasteiger partial charge in [-0.3, -0.25) is 24.0 Å². The van der Waals surface area contributed by atoms with Gasteiger partial charge in [-0.25, -0.2) is 38.1 Å². The maximum Gasteiger partial charge on any atom is 0.251 e. The second-order valence-corrected chi connectivity index (χ2v) is 39.3. The molecule has 5 aliphatic rings. The van der Waals surface area contributed by atoms with Crippen molar-refractivity contribution in [1.82, 2.24) is 26.6 Å². The molecule has 0 aliphatic carbocycles. The van der Waals surface area contributed by atoms with E-state index in [4.69, 9.17) is 59.8 Å². The molecule has 0 aromatic heterocycles. The van der Waals surface area contributed by atoms with E-state index < -0.39 is 0 Å². The highest BCUT2D eigenvalue weighted by Crippen LogP contribution is 2.48. The number of hydrogen-bond donors (Lipinski definition) is 5. The van der Waals surface area contributed by atoms with Crippen molar-refractivity contribution in [3.05, 3.63) is 444 Å². The van der Waals surface area contributed by atoms with Crippen LogP contribution >= 0.6 is 93.6 Å². The quantitative estimate of drug-likeness (QED) is 0.0488. The standard InChI is InChI=1S/C23H18Cl2N2OS.C23H19ClN2OS.3C23H19FN2OS/c1-2-11-26-23(28)15-8-10-21-19(13-15)27-22(14-7-9-17(24)18(25)12-14)16-5-3-4-6-20(16)29-21;1-2-13-25-23(27)16-9-12-21-19(14-16)26-22(15-7-10-17(24)11-8-15)18-5-3-4-6-20(18)28-21;1-2-13-25-23(27)15-11-12-21-19(14-15)26-22(16-7-3-5-9-18(16)24)17-8-4-6-10-20(17)28-21;1-2-12-25-23(27)16-10-11-21-19(14-16)26-22(15-6-5-7-17(24)13-15)18-8-3-4-9-20(18)28-21;1-2-13-25-23(27)16-9-12-21-19(14-16)26-22(15-7-10-17(24)11-8-15)18-5-3-4-6-20(18)28-21/h3-10,12-13H,2,11H2,1H3,(H,26,28);2*3-12,14H,2,13H2,1H3,(H,25,27);3-11,13-14H,2,12H2,1H3,(H,25,27);3-12,14H,2,13H2,1H3,(H,25,27). The predicted molar refractivity (Wildman–Crippen MR) is 572 cm³/mol. The minimum Gasteiger partial charge on any atom is -0.352 e. The molecule has 15 aromatic carbocycles. The zero-order valence-corrected chi connectivity index (χ0v) is 83.7. The summed E-state index contributed by atoms with van der Waals surface area (Å²) in [7, 11) is 0. The molecule has 20 rings (SSSR count). The normalized spacial score (nSPS) is 12.4. The smallest absolute Gasteiger partial charge is 0.251 e. The lowest BCUT2D eigenvalue weighted by Crippen LogP contribution is -2.23. The number of rotatable bonds is 20. The van der Waals surface area contributed by atoms with Gasteiger partial charge in [0.1, 0.15) is 17.5 Å². The summed E-state index contributed by atoms with van der Waals surface area (Å²) < 4.78 is 41.9. The van der Waals surface area contributed by atoms with Crippen LogP contribution in [0.2, 0.25) is 15.1 Å². The van der Waals surface area contributed by atoms with Crippen molar-refractivity contribution >= 4 is 180 Å². The van der Waals surface area contributed by atoms with Crippen LogP contribution in [0.25, 0.3) is 0 Å². The summed E-state index contributed by atoms with van der Waals surface area (Å²) in [6, 6.07) is 101. The number of fused-ring (bicyclic) bond motifs is 10. The first-order valence-corrected chi connectivity index (χ1v) is 51.3. The summed E-state index contributed by atoms with van der Waals surface area (Å²) in [4.78, 5) is 96.7. The number of nitrogens with one attached hydrogen (secondary N) is 5. The van der Waals surface area contributed by atoms with Crippen molar-refractivity contribution in [3.8, 4) is 0 Å². The zero-order chi connectivity index (χ0) is 98.4. The number of benzene rings is 15. The van der Waals surface area contributed by atoms with Gasteiger partial charge >= 0.3 is 0 Å². The Labute approximate surface area is 853 Å². The average Bonchev–Trinajstić information content (AvgIpc) is 1.67. The lowest BCUT2D eigenvalue weighted by Gasteiger charge is -2.10. The van der Waals surface area contributed by atoms with Crippen LogP contribution < -0.4 is 26.6 Å². The molecule has 0 saturated carbocycles. The fraction of sp³-hybridized carbons (Fsp3) is 0.130. The Bertz CT molecular complexity index is 7250. The minimum absolute atomic E-state index is 0.0698. The van der Waals surface area contributed by atoms with Crippen LogP contribution in [0.3, 0.4) is 0 Å². The molecule has 0 bridgehead atoms. The highest BCUT2D eigenvalue weighted by molar-refractivity contribution is 8.00. The first kappa shape index (κ1) is 100. The summed E-state index contributed by atoms with van der Waals surface area (Å²) in [5.41, 5.74) is 19.1. The van der Waals surface area contributed by atoms with Crippen LogP contribution in [-0.2, 0) is 0 Å². The van der Waals surface area contributed by atoms with Gasteiger partial charge in [-0.05, 0) is 226 Å². The minimum atomic E-state index is -0.318. The number of amides is 5. The lowest BCUT2D eigenvalue weighted by atomic mass is 10.0. The van der Waals surface area contributed by atoms with E-state index in [1.807, 2.05) is 253 Å². The van der Waals surface area contributed by atoms with Crippen molar-refractivity contribution in [1.29, 1.82) is 0 Å². The molecule has 26 heteroatoms. The highest BCUT2D eigenvalue weighted by atomic mass is 35.5. The number of aliphatic imine (C=N–C) groups is 5. The Morgan fingerprint density at radius 1 is 0.241 bits per heavy atom. The molecule has 0 spiro atoms. The summed E-state index contributed by atoms with van der Waals surface area (Å²) in [6.45, 7) is 13.3. The van der Waals surface area contributed by atoms with Crippen LogP contribution in [0.1, 0.15) is 174 Å². The van der Waals surface area contributed by atoms with E-state index in [2.05, 4.69) is 50.8 Å². The number of halogens is 6. The van der Waals surface area contributed by atoms with E-state index >= 15 is 0 Å². The number of carbonyl (C=O) groups excluding carboxylic acids is 5. The second kappa shape index (κ2) is 48.1. The van der Waals surface area contributed by atoms with Crippen molar-refractivity contribution in [2.24, 2.45) is 25.0 Å². The molecular weight excluding hydrogens is 1930 g/mol. The summed E-state index contributed by atoms with van der Waals surface area (Å²) >= 11 is 26.6. The number of carbonyl (C=O) groups is 5. The molecule has 15 aromatic rings. The van der Waals surface area contributed by atoms with Gasteiger partial charge in [0.05, 0.1) is 67.0 Å². The lowest BCUT2D eigenvalue weighted by molar-refractivity contribution is 0.0945. The molecule has 5 N–H and O–H groups in total. The molecule has 0 radical (unpaired) electrons. The van der Waals surface area contributed by atoms with E-state index in [1.54, 1.807) is 113 Å². The van der Waals surface area contributed by atoms with Gasteiger partial charge in [0.25, 0.3) is 29.5 Å². The largest absolute Gasteiger partial charge is 0.352 e. The van der Waals surface area contributed by atoms with Crippen LogP contribution in [0.15, 0.2) is 402 Å². The zero-order valence-electron chi connectivity index (χ0n) is 77.3. The van der Waals surface area contributed by atoms with Gasteiger partial charge in [-0.2, -0.15) is 0 Å². The van der Waals surface area contributed by atoms with E-state index in [-0.39, 0.29) is 47.0 Å². The van der Waals surface area contributed by atoms with Crippen LogP contribution in [0, 0.1) is 17.5 Å². The maximum absolute atomic E-state index is 14.6. The Kier molecular flexibility index (Phi) is 34.2. The Morgan fingerprint density at radius 3 is 0.816 bits per heavy atom. The predicted octanol–water partition coefficient (Wildman–Crippen LogP) is 29.7. The molecule has 5 heterocycles. The molecule has 141 heavy (non-hydrogen) atoms. The average molecular weight is 2020 g/mol. The van der Waals surface area contributed by atoms with Crippen LogP contribution in [-0.4, -0.2) is 90.8 Å². The van der Waals surface area contributed by atoms with Gasteiger partial charge in [0, 0.05) is 170 Å². The SMILES string of the molecule is CCCNC(=O)c1ccc2c(c1)N=C(c1ccc(Cl)c(Cl)c1)c1ccccc1S2.CCCNC(=O)c1ccc2c(c1)N=C(c1ccc(Cl)cc1)c1ccccc1S2.CCCNC(=O)c1ccc2c(c1)N=C(c1ccc(F)cc1)c1ccccc1S2.CCCNC(=O)c1ccc2c(c1)N=C(c1cccc(F)c1)c1ccccc1S2.CCCNC(=O)c1ccc2c(c1)N=C(c1ccccc1F)c1ccccc1S2. The number of nitrogens with zero attached hydrogens (tertiary/aromatic N) is 5. The Hall–Kier alpha value is -13.6. The van der Waals surface area contributed by atoms with Crippen molar-refractivity contribution < 1.29 is 37.1 Å². The molecule has 0 fully saturated rings. The Balaban J connectivity index is 0.000000127. The molecule has 706 valence electrons. The summed E-state index contributed by atoms with van der Waals surface area (Å²) in [6.07, 6.45) is 4.43. The summed E-state index contributed by atoms with van der Waals surface area (Å²) in [5, 5.41) is 16.2. The van der Waals surface area contributed by atoms with E-state index in [1.165, 1.54) is 30.3 Å². The van der Waals surface area contributed by atoms with E-state index in [9.17, 15) is 37.1 Å². The third-order valence-corrected chi connectivity index (χ3v) is 29.1. The van der Waals surface area contributed by atoms with Gasteiger partial charge in [-0.1, -0.05) is 262 Å². The number of hydrogen-bond acceptors (Lipinski definition) is 15. The molecular formula is C115H94Cl3F3N10O5S5. The summed E-state index contributed by atoms with van der Waals surface area (Å²) in [5.74, 6) is -1.40. The maximum atomic E-state index is 14.6. The molecule has 5 amide bonds. The molecule has 0 unspecified atom stereocenters. The molecule has 0 atom stereocenters. The Morgan fingerprint density at radius 2 is 0.511 bits per heavy atom. The van der Waals surface area contributed by atoms with Gasteiger partial charge in [0.2, 0.25) is 0 Å². The third-order valence-electron chi connectivity index (χ3n) is 22.4. The van der Waals surface area contributed by atoms with Gasteiger partial charge in [0.15, 0.2) is 0 Å². The van der Waals surface area contributed by atoms with E-state index in [0.717, 1.165) is 160 Å². The fourth-order valence-corrected chi connectivity index (χ4v) is 20.8. The molecule has 5 aliphatic heterocycles. The highest BCUT2D eigenvalue weighted by Gasteiger charge is 2.29. The van der Waals surface area contributed by atoms with Crippen molar-refractivity contribution in [2.45, 2.75) is 116 Å². The second-order valence-electron chi connectivity index (χ2n) is 32.6.